The van der Waals surface area contributed by atoms with Gasteiger partial charge in [0.2, 0.25) is 0 Å². The van der Waals surface area contributed by atoms with Crippen molar-refractivity contribution in [2.75, 3.05) is 6.61 Å². The number of hydrogen-bond acceptors (Lipinski definition) is 2. The van der Waals surface area contributed by atoms with Gasteiger partial charge in [0.25, 0.3) is 0 Å². The molecule has 0 radical (unpaired) electrons. The zero-order valence-electron chi connectivity index (χ0n) is 3.53. The van der Waals surface area contributed by atoms with Gasteiger partial charge in [-0.1, -0.05) is 0 Å². The molecule has 0 aromatic carbocycles. The highest BCUT2D eigenvalue weighted by atomic mass is 16.5. The monoisotopic (exact) mass is 85.1 g/mol. The molecule has 1 rings (SSSR count). The third-order valence-corrected chi connectivity index (χ3v) is 0.824. The van der Waals surface area contributed by atoms with Crippen molar-refractivity contribution < 1.29 is 4.74 Å². The van der Waals surface area contributed by atoms with Crippen LogP contribution in [0.3, 0.4) is 0 Å². The van der Waals surface area contributed by atoms with E-state index in [1.54, 1.807) is 0 Å². The van der Waals surface area contributed by atoms with E-state index in [-0.39, 0.29) is 0 Å². The SMILES string of the molecule is N=C1CCCO1. The molecule has 0 aromatic rings. The average Bonchev–Trinajstić information content (AvgIpc) is 1.86. The van der Waals surface area contributed by atoms with E-state index in [9.17, 15) is 0 Å². The molecule has 1 fully saturated rings. The zero-order chi connectivity index (χ0) is 4.41. The molecule has 0 aromatic heterocycles. The highest BCUT2D eigenvalue weighted by Crippen LogP contribution is 2.01. The lowest BCUT2D eigenvalue weighted by molar-refractivity contribution is 0.341. The van der Waals surface area contributed by atoms with Crippen LogP contribution in [0.2, 0.25) is 0 Å². The predicted molar refractivity (Wildman–Crippen MR) is 22.9 cm³/mol. The van der Waals surface area contributed by atoms with Crippen molar-refractivity contribution in [1.29, 1.82) is 5.41 Å². The zero-order valence-corrected chi connectivity index (χ0v) is 3.53. The molecule has 0 aliphatic carbocycles. The fourth-order valence-electron chi connectivity index (χ4n) is 0.500. The summed E-state index contributed by atoms with van der Waals surface area (Å²) in [5.41, 5.74) is 0. The molecular weight excluding hydrogens is 78.0 g/mol. The maximum atomic E-state index is 6.83. The second-order valence-corrected chi connectivity index (χ2v) is 1.38. The van der Waals surface area contributed by atoms with Crippen molar-refractivity contribution in [3.63, 3.8) is 0 Å². The van der Waals surface area contributed by atoms with Gasteiger partial charge in [-0.2, -0.15) is 0 Å². The van der Waals surface area contributed by atoms with Crippen molar-refractivity contribution in [1.82, 2.24) is 0 Å². The van der Waals surface area contributed by atoms with Crippen molar-refractivity contribution in [3.8, 4) is 0 Å². The van der Waals surface area contributed by atoms with E-state index in [1.165, 1.54) is 0 Å². The van der Waals surface area contributed by atoms with Gasteiger partial charge in [-0.15, -0.1) is 0 Å². The minimum Gasteiger partial charge on any atom is -0.481 e. The first kappa shape index (κ1) is 3.65. The Balaban J connectivity index is 2.37. The second kappa shape index (κ2) is 1.29. The molecule has 2 nitrogen and oxygen atoms in total. The molecular formula is C4H7NO. The summed E-state index contributed by atoms with van der Waals surface area (Å²) in [5.74, 6) is 0.454. The van der Waals surface area contributed by atoms with Gasteiger partial charge >= 0.3 is 0 Å². The smallest absolute Gasteiger partial charge is 0.180 e. The third-order valence-electron chi connectivity index (χ3n) is 0.824. The molecule has 2 heteroatoms. The summed E-state index contributed by atoms with van der Waals surface area (Å²) in [4.78, 5) is 0. The maximum Gasteiger partial charge on any atom is 0.180 e. The van der Waals surface area contributed by atoms with Gasteiger partial charge in [0.15, 0.2) is 5.90 Å². The Morgan fingerprint density at radius 1 is 1.67 bits per heavy atom. The van der Waals surface area contributed by atoms with Gasteiger partial charge < -0.3 is 4.74 Å². The molecule has 0 saturated carbocycles. The topological polar surface area (TPSA) is 33.1 Å². The van der Waals surface area contributed by atoms with Crippen LogP contribution >= 0.6 is 0 Å². The largest absolute Gasteiger partial charge is 0.481 e. The summed E-state index contributed by atoms with van der Waals surface area (Å²) in [5, 5.41) is 6.83. The Morgan fingerprint density at radius 3 is 2.67 bits per heavy atom. The van der Waals surface area contributed by atoms with Gasteiger partial charge in [0.05, 0.1) is 6.61 Å². The lowest BCUT2D eigenvalue weighted by atomic mass is 10.4. The Kier molecular flexibility index (Phi) is 0.783. The van der Waals surface area contributed by atoms with Gasteiger partial charge in [-0.05, 0) is 6.42 Å². The predicted octanol–water partition coefficient (Wildman–Crippen LogP) is 0.774. The van der Waals surface area contributed by atoms with Crippen LogP contribution in [0, 0.1) is 5.41 Å². The van der Waals surface area contributed by atoms with Crippen molar-refractivity contribution >= 4 is 5.90 Å². The van der Waals surface area contributed by atoms with Crippen LogP contribution in [0.5, 0.6) is 0 Å². The fraction of sp³-hybridized carbons (Fsp3) is 0.750. The van der Waals surface area contributed by atoms with Crippen LogP contribution in [0.4, 0.5) is 0 Å². The minimum atomic E-state index is 0.454. The summed E-state index contributed by atoms with van der Waals surface area (Å²) >= 11 is 0. The van der Waals surface area contributed by atoms with Gasteiger partial charge in [0.1, 0.15) is 0 Å². The normalized spacial score (nSPS) is 21.0. The van der Waals surface area contributed by atoms with E-state index in [1.807, 2.05) is 0 Å². The highest BCUT2D eigenvalue weighted by molar-refractivity contribution is 5.73. The van der Waals surface area contributed by atoms with E-state index >= 15 is 0 Å². The van der Waals surface area contributed by atoms with Crippen molar-refractivity contribution in [3.05, 3.63) is 0 Å². The standard InChI is InChI=1S/C4H7NO/c5-4-2-1-3-6-4/h5H,1-3H2. The molecule has 1 N–H and O–H groups in total. The van der Waals surface area contributed by atoms with Crippen molar-refractivity contribution in [2.45, 2.75) is 12.8 Å². The quantitative estimate of drug-likeness (QED) is 0.463. The van der Waals surface area contributed by atoms with Crippen molar-refractivity contribution in [2.24, 2.45) is 0 Å². The van der Waals surface area contributed by atoms with E-state index in [0.29, 0.717) is 5.90 Å². The highest BCUT2D eigenvalue weighted by Gasteiger charge is 2.04. The fourth-order valence-corrected chi connectivity index (χ4v) is 0.500. The summed E-state index contributed by atoms with van der Waals surface area (Å²) in [6.07, 6.45) is 1.89. The molecule has 0 amide bonds. The molecule has 0 unspecified atom stereocenters. The molecule has 6 heavy (non-hydrogen) atoms. The first-order chi connectivity index (χ1) is 2.89. The van der Waals surface area contributed by atoms with Crippen LogP contribution < -0.4 is 0 Å². The van der Waals surface area contributed by atoms with E-state index in [4.69, 9.17) is 10.1 Å². The average molecular weight is 85.1 g/mol. The molecule has 1 aliphatic rings. The molecule has 1 aliphatic heterocycles. The van der Waals surface area contributed by atoms with Crippen LogP contribution in [-0.4, -0.2) is 12.5 Å². The van der Waals surface area contributed by atoms with E-state index in [2.05, 4.69) is 0 Å². The third kappa shape index (κ3) is 0.506. The molecule has 0 spiro atoms. The molecule has 1 saturated heterocycles. The summed E-state index contributed by atoms with van der Waals surface area (Å²) in [6.45, 7) is 0.763. The van der Waals surface area contributed by atoms with E-state index in [0.717, 1.165) is 19.4 Å². The Bertz CT molecular complexity index is 61.9. The van der Waals surface area contributed by atoms with Crippen LogP contribution in [-0.2, 0) is 4.74 Å². The number of hydrogen-bond donors (Lipinski definition) is 1. The molecule has 0 bridgehead atoms. The van der Waals surface area contributed by atoms with Gasteiger partial charge in [-0.25, -0.2) is 0 Å². The molecule has 1 heterocycles. The summed E-state index contributed by atoms with van der Waals surface area (Å²) < 4.78 is 4.74. The lowest BCUT2D eigenvalue weighted by Crippen LogP contribution is -1.87. The second-order valence-electron chi connectivity index (χ2n) is 1.38. The van der Waals surface area contributed by atoms with Crippen LogP contribution in [0.15, 0.2) is 0 Å². The Morgan fingerprint density at radius 2 is 2.50 bits per heavy atom. The van der Waals surface area contributed by atoms with Crippen LogP contribution in [0.25, 0.3) is 0 Å². The summed E-state index contributed by atoms with van der Waals surface area (Å²) in [6, 6.07) is 0. The first-order valence-corrected chi connectivity index (χ1v) is 2.10. The summed E-state index contributed by atoms with van der Waals surface area (Å²) in [7, 11) is 0. The first-order valence-electron chi connectivity index (χ1n) is 2.10. The number of rotatable bonds is 0. The Labute approximate surface area is 36.6 Å². The molecule has 34 valence electrons. The van der Waals surface area contributed by atoms with E-state index < -0.39 is 0 Å². The van der Waals surface area contributed by atoms with Gasteiger partial charge in [0, 0.05) is 6.42 Å². The maximum absolute atomic E-state index is 6.83. The number of ether oxygens (including phenoxy) is 1. The Hall–Kier alpha value is -0.530. The lowest BCUT2D eigenvalue weighted by Gasteiger charge is -1.85. The molecule has 0 atom stereocenters. The number of nitrogens with one attached hydrogen (secondary N) is 1. The van der Waals surface area contributed by atoms with Crippen LogP contribution in [0.1, 0.15) is 12.8 Å². The van der Waals surface area contributed by atoms with Gasteiger partial charge in [-0.3, -0.25) is 5.41 Å². The minimum absolute atomic E-state index is 0.454.